The third-order valence-electron chi connectivity index (χ3n) is 3.91. The Balaban J connectivity index is 2.32. The maximum absolute atomic E-state index is 13.9. The predicted molar refractivity (Wildman–Crippen MR) is 74.3 cm³/mol. The van der Waals surface area contributed by atoms with Crippen molar-refractivity contribution in [2.24, 2.45) is 5.73 Å². The maximum atomic E-state index is 13.9. The van der Waals surface area contributed by atoms with Gasteiger partial charge >= 0.3 is 0 Å². The third kappa shape index (κ3) is 3.11. The molecule has 0 atom stereocenters. The number of halogens is 1. The van der Waals surface area contributed by atoms with Gasteiger partial charge in [0.15, 0.2) is 0 Å². The normalized spacial score (nSPS) is 19.8. The van der Waals surface area contributed by atoms with Gasteiger partial charge in [-0.05, 0) is 37.8 Å². The monoisotopic (exact) mass is 249 g/mol. The summed E-state index contributed by atoms with van der Waals surface area (Å²) in [6, 6.07) is 8.12. The zero-order valence-electron chi connectivity index (χ0n) is 11.5. The average molecular weight is 249 g/mol. The largest absolute Gasteiger partial charge is 0.321 e. The summed E-state index contributed by atoms with van der Waals surface area (Å²) in [6.45, 7) is 3.27. The van der Waals surface area contributed by atoms with Crippen LogP contribution in [0, 0.1) is 0 Å². The van der Waals surface area contributed by atoms with E-state index in [0.29, 0.717) is 6.42 Å². The highest BCUT2D eigenvalue weighted by Gasteiger charge is 2.32. The maximum Gasteiger partial charge on any atom is 0.109 e. The molecule has 0 spiro atoms. The van der Waals surface area contributed by atoms with Crippen molar-refractivity contribution in [2.75, 3.05) is 0 Å². The third-order valence-corrected chi connectivity index (χ3v) is 3.91. The fourth-order valence-corrected chi connectivity index (χ4v) is 3.07. The summed E-state index contributed by atoms with van der Waals surface area (Å²) in [6.07, 6.45) is 6.14. The first kappa shape index (κ1) is 13.5. The molecule has 1 aromatic carbocycles. The minimum Gasteiger partial charge on any atom is -0.321 e. The number of alkyl halides is 1. The molecule has 1 aliphatic carbocycles. The van der Waals surface area contributed by atoms with Crippen LogP contribution in [0.2, 0.25) is 0 Å². The highest BCUT2D eigenvalue weighted by atomic mass is 19.1. The molecule has 2 heteroatoms. The van der Waals surface area contributed by atoms with E-state index in [-0.39, 0.29) is 5.54 Å². The molecule has 18 heavy (non-hydrogen) atoms. The lowest BCUT2D eigenvalue weighted by molar-refractivity contribution is 0.214. The van der Waals surface area contributed by atoms with Gasteiger partial charge in [-0.25, -0.2) is 4.39 Å². The van der Waals surface area contributed by atoms with Crippen molar-refractivity contribution >= 4 is 0 Å². The van der Waals surface area contributed by atoms with Crippen LogP contribution in [0.5, 0.6) is 0 Å². The first-order valence-electron chi connectivity index (χ1n) is 6.97. The number of nitrogens with two attached hydrogens (primary N) is 1. The summed E-state index contributed by atoms with van der Waals surface area (Å²) < 4.78 is 13.9. The fraction of sp³-hybridized carbons (Fsp3) is 0.625. The van der Waals surface area contributed by atoms with Crippen LogP contribution in [0.1, 0.15) is 57.1 Å². The average Bonchev–Trinajstić information content (AvgIpc) is 2.28. The molecule has 2 N–H and O–H groups in total. The second-order valence-corrected chi connectivity index (χ2v) is 6.27. The molecule has 2 rings (SSSR count). The van der Waals surface area contributed by atoms with E-state index in [1.165, 1.54) is 19.3 Å². The summed E-state index contributed by atoms with van der Waals surface area (Å²) in [4.78, 5) is 0. The summed E-state index contributed by atoms with van der Waals surface area (Å²) >= 11 is 0. The standard InChI is InChI=1S/C16H24FN/c1-15(2,17)12-13-8-4-5-9-14(13)16(18)10-6-3-7-11-16/h4-5,8-9H,3,6-7,10-12,18H2,1-2H3. The summed E-state index contributed by atoms with van der Waals surface area (Å²) in [7, 11) is 0. The van der Waals surface area contributed by atoms with Gasteiger partial charge in [0.2, 0.25) is 0 Å². The Morgan fingerprint density at radius 2 is 1.78 bits per heavy atom. The molecule has 0 heterocycles. The van der Waals surface area contributed by atoms with Crippen LogP contribution in [0.25, 0.3) is 0 Å². The Hall–Kier alpha value is -0.890. The number of hydrogen-bond donors (Lipinski definition) is 1. The molecule has 0 amide bonds. The zero-order chi connectivity index (χ0) is 13.2. The van der Waals surface area contributed by atoms with Gasteiger partial charge in [-0.15, -0.1) is 0 Å². The Morgan fingerprint density at radius 1 is 1.17 bits per heavy atom. The van der Waals surface area contributed by atoms with Crippen molar-refractivity contribution in [3.63, 3.8) is 0 Å². The molecule has 1 nitrogen and oxygen atoms in total. The van der Waals surface area contributed by atoms with E-state index in [1.807, 2.05) is 18.2 Å². The van der Waals surface area contributed by atoms with E-state index in [4.69, 9.17) is 5.73 Å². The lowest BCUT2D eigenvalue weighted by atomic mass is 9.75. The van der Waals surface area contributed by atoms with E-state index in [1.54, 1.807) is 13.8 Å². The quantitative estimate of drug-likeness (QED) is 0.857. The Kier molecular flexibility index (Phi) is 3.76. The molecule has 0 unspecified atom stereocenters. The molecule has 1 saturated carbocycles. The molecule has 100 valence electrons. The van der Waals surface area contributed by atoms with Crippen LogP contribution in [0.15, 0.2) is 24.3 Å². The second kappa shape index (κ2) is 5.00. The Morgan fingerprint density at radius 3 is 2.39 bits per heavy atom. The van der Waals surface area contributed by atoms with Crippen molar-refractivity contribution in [1.82, 2.24) is 0 Å². The van der Waals surface area contributed by atoms with Crippen molar-refractivity contribution < 1.29 is 4.39 Å². The van der Waals surface area contributed by atoms with Gasteiger partial charge in [0.1, 0.15) is 5.67 Å². The van der Waals surface area contributed by atoms with E-state index in [2.05, 4.69) is 6.07 Å². The zero-order valence-corrected chi connectivity index (χ0v) is 11.5. The summed E-state index contributed by atoms with van der Waals surface area (Å²) in [5.41, 5.74) is 7.40. The minimum atomic E-state index is -1.18. The van der Waals surface area contributed by atoms with Crippen LogP contribution in [0.4, 0.5) is 4.39 Å². The molecular formula is C16H24FN. The molecule has 1 aromatic rings. The highest BCUT2D eigenvalue weighted by molar-refractivity contribution is 5.35. The van der Waals surface area contributed by atoms with Crippen molar-refractivity contribution in [1.29, 1.82) is 0 Å². The molecule has 0 aliphatic heterocycles. The minimum absolute atomic E-state index is 0.236. The second-order valence-electron chi connectivity index (χ2n) is 6.27. The van der Waals surface area contributed by atoms with E-state index in [9.17, 15) is 4.39 Å². The molecule has 0 bridgehead atoms. The Bertz CT molecular complexity index is 400. The number of rotatable bonds is 3. The molecule has 0 saturated heterocycles. The first-order valence-corrected chi connectivity index (χ1v) is 6.97. The summed E-state index contributed by atoms with van der Waals surface area (Å²) in [5.74, 6) is 0. The summed E-state index contributed by atoms with van der Waals surface area (Å²) in [5, 5.41) is 0. The van der Waals surface area contributed by atoms with Crippen molar-refractivity contribution in [3.05, 3.63) is 35.4 Å². The lowest BCUT2D eigenvalue weighted by Gasteiger charge is -2.36. The van der Waals surface area contributed by atoms with Gasteiger partial charge in [-0.1, -0.05) is 43.5 Å². The van der Waals surface area contributed by atoms with Crippen LogP contribution >= 0.6 is 0 Å². The number of benzene rings is 1. The topological polar surface area (TPSA) is 26.0 Å². The van der Waals surface area contributed by atoms with Gasteiger partial charge < -0.3 is 5.73 Å². The first-order chi connectivity index (χ1) is 8.41. The van der Waals surface area contributed by atoms with Crippen LogP contribution in [-0.2, 0) is 12.0 Å². The van der Waals surface area contributed by atoms with E-state index < -0.39 is 5.67 Å². The van der Waals surface area contributed by atoms with E-state index >= 15 is 0 Å². The van der Waals surface area contributed by atoms with Gasteiger partial charge in [0.05, 0.1) is 0 Å². The molecule has 1 aliphatic rings. The van der Waals surface area contributed by atoms with Crippen LogP contribution in [0.3, 0.4) is 0 Å². The fourth-order valence-electron chi connectivity index (χ4n) is 3.07. The number of hydrogen-bond acceptors (Lipinski definition) is 1. The van der Waals surface area contributed by atoms with Crippen LogP contribution < -0.4 is 5.73 Å². The van der Waals surface area contributed by atoms with Crippen LogP contribution in [-0.4, -0.2) is 5.67 Å². The highest BCUT2D eigenvalue weighted by Crippen LogP contribution is 2.37. The Labute approximate surface area is 110 Å². The molecule has 0 aromatic heterocycles. The van der Waals surface area contributed by atoms with E-state index in [0.717, 1.165) is 24.0 Å². The van der Waals surface area contributed by atoms with Gasteiger partial charge in [-0.2, -0.15) is 0 Å². The van der Waals surface area contributed by atoms with Gasteiger partial charge in [-0.3, -0.25) is 0 Å². The SMILES string of the molecule is CC(C)(F)Cc1ccccc1C1(N)CCCCC1. The van der Waals surface area contributed by atoms with Crippen molar-refractivity contribution in [2.45, 2.75) is 63.6 Å². The predicted octanol–water partition coefficient (Wildman–Crippen LogP) is 4.10. The molecular weight excluding hydrogens is 225 g/mol. The smallest absolute Gasteiger partial charge is 0.109 e. The molecule has 0 radical (unpaired) electrons. The lowest BCUT2D eigenvalue weighted by Crippen LogP contribution is -2.40. The van der Waals surface area contributed by atoms with Crippen molar-refractivity contribution in [3.8, 4) is 0 Å². The van der Waals surface area contributed by atoms with Gasteiger partial charge in [0.25, 0.3) is 0 Å². The van der Waals surface area contributed by atoms with Gasteiger partial charge in [0, 0.05) is 12.0 Å². The molecule has 1 fully saturated rings.